The second-order valence-electron chi connectivity index (χ2n) is 11.4. The van der Waals surface area contributed by atoms with Crippen molar-refractivity contribution in [3.05, 3.63) is 66.0 Å². The van der Waals surface area contributed by atoms with Crippen molar-refractivity contribution in [3.8, 4) is 0 Å². The van der Waals surface area contributed by atoms with E-state index in [2.05, 4.69) is 59.4 Å². The number of carbonyl (C=O) groups is 2. The van der Waals surface area contributed by atoms with Crippen LogP contribution in [0, 0.1) is 0 Å². The van der Waals surface area contributed by atoms with Gasteiger partial charge in [0.1, 0.15) is 5.60 Å². The number of methoxy groups -OCH3 is 1. The van der Waals surface area contributed by atoms with E-state index in [0.717, 1.165) is 58.3 Å². The molecule has 1 heterocycles. The summed E-state index contributed by atoms with van der Waals surface area (Å²) < 4.78 is 18.3. The zero-order valence-electron chi connectivity index (χ0n) is 25.6. The van der Waals surface area contributed by atoms with Crippen LogP contribution in [0.25, 0.3) is 0 Å². The monoisotopic (exact) mass is 590 g/mol. The summed E-state index contributed by atoms with van der Waals surface area (Å²) in [6.07, 6.45) is 14.0. The van der Waals surface area contributed by atoms with E-state index < -0.39 is 5.60 Å². The van der Waals surface area contributed by atoms with Gasteiger partial charge in [0.2, 0.25) is 0 Å². The summed E-state index contributed by atoms with van der Waals surface area (Å²) in [5, 5.41) is 0. The predicted octanol–water partition coefficient (Wildman–Crippen LogP) is 3.51. The fourth-order valence-electron chi connectivity index (χ4n) is 4.44. The van der Waals surface area contributed by atoms with E-state index in [9.17, 15) is 9.59 Å². The van der Waals surface area contributed by atoms with Crippen molar-refractivity contribution >= 4 is 12.1 Å². The molecule has 0 N–H and O–H groups in total. The number of aryl methyl sites for hydroxylation is 1. The predicted molar refractivity (Wildman–Crippen MR) is 158 cm³/mol. The Bertz CT molecular complexity index is 981. The SMILES string of the molecule is COC(=O)CCN(CCCCCCCCCOCCCc1ccc[n+](Cc2ccccc2)c1)C(=O)OC(C)(C)C.[Cl-]. The lowest BCUT2D eigenvalue weighted by molar-refractivity contribution is -0.688. The van der Waals surface area contributed by atoms with Gasteiger partial charge in [-0.25, -0.2) is 9.36 Å². The van der Waals surface area contributed by atoms with Gasteiger partial charge in [-0.1, -0.05) is 62.4 Å². The van der Waals surface area contributed by atoms with E-state index in [-0.39, 0.29) is 30.9 Å². The molecule has 230 valence electrons. The lowest BCUT2D eigenvalue weighted by Crippen LogP contribution is -3.00. The largest absolute Gasteiger partial charge is 1.00 e. The van der Waals surface area contributed by atoms with Crippen molar-refractivity contribution in [3.63, 3.8) is 0 Å². The number of aromatic nitrogens is 1. The molecule has 8 heteroatoms. The lowest BCUT2D eigenvalue weighted by Gasteiger charge is -2.27. The Morgan fingerprint density at radius 3 is 2.12 bits per heavy atom. The van der Waals surface area contributed by atoms with Gasteiger partial charge in [0.25, 0.3) is 0 Å². The molecule has 0 aliphatic heterocycles. The summed E-state index contributed by atoms with van der Waals surface area (Å²) in [5.74, 6) is -0.319. The highest BCUT2D eigenvalue weighted by molar-refractivity contribution is 5.72. The summed E-state index contributed by atoms with van der Waals surface area (Å²) in [6, 6.07) is 14.9. The smallest absolute Gasteiger partial charge is 0.410 e. The van der Waals surface area contributed by atoms with Gasteiger partial charge in [0, 0.05) is 43.5 Å². The van der Waals surface area contributed by atoms with Crippen LogP contribution in [0.5, 0.6) is 0 Å². The van der Waals surface area contributed by atoms with Crippen molar-refractivity contribution in [1.82, 2.24) is 4.90 Å². The molecular formula is C33H51ClN2O5. The fourth-order valence-corrected chi connectivity index (χ4v) is 4.44. The number of esters is 1. The highest BCUT2D eigenvalue weighted by Crippen LogP contribution is 2.13. The Kier molecular flexibility index (Phi) is 18.7. The third-order valence-electron chi connectivity index (χ3n) is 6.56. The minimum Gasteiger partial charge on any atom is -1.00 e. The van der Waals surface area contributed by atoms with Crippen LogP contribution in [-0.4, -0.2) is 56.0 Å². The number of ether oxygens (including phenoxy) is 3. The highest BCUT2D eigenvalue weighted by Gasteiger charge is 2.22. The summed E-state index contributed by atoms with van der Waals surface area (Å²) in [6.45, 7) is 8.98. The molecule has 41 heavy (non-hydrogen) atoms. The van der Waals surface area contributed by atoms with Crippen molar-refractivity contribution in [1.29, 1.82) is 0 Å². The van der Waals surface area contributed by atoms with Gasteiger partial charge in [-0.15, -0.1) is 0 Å². The molecule has 0 fully saturated rings. The zero-order valence-corrected chi connectivity index (χ0v) is 26.4. The van der Waals surface area contributed by atoms with Crippen molar-refractivity contribution in [2.45, 2.75) is 97.1 Å². The molecule has 1 amide bonds. The minimum atomic E-state index is -0.557. The van der Waals surface area contributed by atoms with Crippen molar-refractivity contribution < 1.29 is 40.8 Å². The van der Waals surface area contributed by atoms with E-state index in [1.807, 2.05) is 20.8 Å². The van der Waals surface area contributed by atoms with E-state index in [0.29, 0.717) is 13.1 Å². The molecule has 1 aromatic carbocycles. The van der Waals surface area contributed by atoms with Crippen LogP contribution >= 0.6 is 0 Å². The number of unbranched alkanes of at least 4 members (excludes halogenated alkanes) is 6. The number of benzene rings is 1. The number of hydrogen-bond donors (Lipinski definition) is 0. The van der Waals surface area contributed by atoms with Crippen LogP contribution in [0.3, 0.4) is 0 Å². The normalized spacial score (nSPS) is 11.0. The van der Waals surface area contributed by atoms with Gasteiger partial charge in [0.05, 0.1) is 13.5 Å². The summed E-state index contributed by atoms with van der Waals surface area (Å²) in [5.41, 5.74) is 2.10. The van der Waals surface area contributed by atoms with Gasteiger partial charge in [-0.2, -0.15) is 0 Å². The first-order valence-electron chi connectivity index (χ1n) is 14.9. The molecule has 0 aliphatic rings. The van der Waals surface area contributed by atoms with Gasteiger partial charge < -0.3 is 31.5 Å². The maximum atomic E-state index is 12.5. The van der Waals surface area contributed by atoms with Gasteiger partial charge in [-0.3, -0.25) is 4.79 Å². The Labute approximate surface area is 254 Å². The first-order valence-corrected chi connectivity index (χ1v) is 14.9. The molecule has 1 aromatic heterocycles. The lowest BCUT2D eigenvalue weighted by atomic mass is 10.1. The first-order chi connectivity index (χ1) is 19.3. The van der Waals surface area contributed by atoms with Gasteiger partial charge in [0.15, 0.2) is 18.9 Å². The second kappa shape index (κ2) is 21.1. The highest BCUT2D eigenvalue weighted by atomic mass is 35.5. The zero-order chi connectivity index (χ0) is 29.1. The summed E-state index contributed by atoms with van der Waals surface area (Å²) in [7, 11) is 1.36. The van der Waals surface area contributed by atoms with E-state index in [1.165, 1.54) is 37.5 Å². The average Bonchev–Trinajstić information content (AvgIpc) is 2.92. The molecule has 7 nitrogen and oxygen atoms in total. The number of carbonyl (C=O) groups excluding carboxylic acids is 2. The molecule has 0 spiro atoms. The number of rotatable bonds is 19. The molecule has 0 radical (unpaired) electrons. The quantitative estimate of drug-likeness (QED) is 0.142. The molecule has 0 saturated heterocycles. The second-order valence-corrected chi connectivity index (χ2v) is 11.4. The van der Waals surface area contributed by atoms with Crippen LogP contribution in [-0.2, 0) is 32.0 Å². The third kappa shape index (κ3) is 17.7. The molecule has 0 unspecified atom stereocenters. The number of halogens is 1. The van der Waals surface area contributed by atoms with Crippen LogP contribution in [0.15, 0.2) is 54.9 Å². The average molecular weight is 591 g/mol. The number of hydrogen-bond acceptors (Lipinski definition) is 5. The number of nitrogens with zero attached hydrogens (tertiary/aromatic N) is 2. The van der Waals surface area contributed by atoms with Crippen LogP contribution in [0.1, 0.15) is 89.7 Å². The first kappa shape index (κ1) is 36.4. The number of amides is 1. The molecule has 2 aromatic rings. The summed E-state index contributed by atoms with van der Waals surface area (Å²) >= 11 is 0. The molecule has 0 atom stereocenters. The third-order valence-corrected chi connectivity index (χ3v) is 6.56. The molecular weight excluding hydrogens is 540 g/mol. The topological polar surface area (TPSA) is 69.0 Å². The minimum absolute atomic E-state index is 0. The molecule has 0 bridgehead atoms. The molecule has 0 saturated carbocycles. The number of pyridine rings is 1. The molecule has 0 aliphatic carbocycles. The summed E-state index contributed by atoms with van der Waals surface area (Å²) in [4.78, 5) is 25.6. The maximum Gasteiger partial charge on any atom is 0.410 e. The Balaban J connectivity index is 0.00000840. The van der Waals surface area contributed by atoms with Crippen molar-refractivity contribution in [2.75, 3.05) is 33.4 Å². The van der Waals surface area contributed by atoms with Gasteiger partial charge in [-0.05, 0) is 52.5 Å². The van der Waals surface area contributed by atoms with Crippen LogP contribution in [0.4, 0.5) is 4.79 Å². The maximum absolute atomic E-state index is 12.5. The van der Waals surface area contributed by atoms with Crippen LogP contribution < -0.4 is 17.0 Å². The van der Waals surface area contributed by atoms with E-state index in [1.54, 1.807) is 4.90 Å². The van der Waals surface area contributed by atoms with Crippen LogP contribution in [0.2, 0.25) is 0 Å². The Morgan fingerprint density at radius 2 is 1.44 bits per heavy atom. The van der Waals surface area contributed by atoms with E-state index >= 15 is 0 Å². The fraction of sp³-hybridized carbons (Fsp3) is 0.606. The molecule has 2 rings (SSSR count). The standard InChI is InChI=1S/C33H51N2O5.ClH/c1-33(2,3)40-32(37)35(24-21-31(36)38-4)23-13-8-6-5-7-9-14-25-39-26-16-20-30-19-15-22-34(28-30)27-29-17-11-10-12-18-29;/h10-12,15,17-19,22,28H,5-9,13-14,16,20-21,23-27H2,1-4H3;1H/q+1;/p-1. The van der Waals surface area contributed by atoms with Crippen molar-refractivity contribution in [2.24, 2.45) is 0 Å². The Morgan fingerprint density at radius 1 is 0.805 bits per heavy atom. The van der Waals surface area contributed by atoms with E-state index in [4.69, 9.17) is 14.2 Å². The Hall–Kier alpha value is -2.64. The van der Waals surface area contributed by atoms with Gasteiger partial charge >= 0.3 is 12.1 Å².